The summed E-state index contributed by atoms with van der Waals surface area (Å²) in [5.41, 5.74) is 2.76. The number of carbonyl (C=O) groups excluding carboxylic acids is 1. The van der Waals surface area contributed by atoms with Gasteiger partial charge >= 0.3 is 5.97 Å². The maximum atomic E-state index is 11.3. The maximum Gasteiger partial charge on any atom is 0.356 e. The number of hydrogen-bond donors (Lipinski definition) is 2. The van der Waals surface area contributed by atoms with Crippen molar-refractivity contribution in [3.8, 4) is 0 Å². The molecule has 1 heterocycles. The molecule has 0 aliphatic rings. The number of esters is 1. The van der Waals surface area contributed by atoms with Crippen molar-refractivity contribution in [2.45, 2.75) is 6.92 Å². The molecule has 1 aromatic rings. The summed E-state index contributed by atoms with van der Waals surface area (Å²) in [4.78, 5) is 15.3. The number of ether oxygens (including phenoxy) is 1. The molecule has 0 atom stereocenters. The van der Waals surface area contributed by atoms with Gasteiger partial charge in [0.25, 0.3) is 0 Å². The average Bonchev–Trinajstić information content (AvgIpc) is 2.82. The third-order valence-electron chi connectivity index (χ3n) is 1.65. The van der Waals surface area contributed by atoms with Crippen molar-refractivity contribution in [1.29, 1.82) is 5.41 Å². The highest BCUT2D eigenvalue weighted by molar-refractivity contribution is 7.10. The molecule has 0 unspecified atom stereocenters. The van der Waals surface area contributed by atoms with Gasteiger partial charge in [-0.3, -0.25) is 10.8 Å². The second-order valence-corrected chi connectivity index (χ2v) is 3.69. The summed E-state index contributed by atoms with van der Waals surface area (Å²) < 4.78 is 4.70. The molecule has 0 fully saturated rings. The zero-order valence-corrected chi connectivity index (χ0v) is 10.1. The highest BCUT2D eigenvalue weighted by Gasteiger charge is 2.11. The van der Waals surface area contributed by atoms with E-state index in [-0.39, 0.29) is 12.3 Å². The molecule has 90 valence electrons. The van der Waals surface area contributed by atoms with Gasteiger partial charge in [-0.1, -0.05) is 0 Å². The molecular formula is C10H12N4O2S. The molecule has 0 saturated heterocycles. The first-order chi connectivity index (χ1) is 8.19. The van der Waals surface area contributed by atoms with Crippen molar-refractivity contribution < 1.29 is 9.53 Å². The lowest BCUT2D eigenvalue weighted by Gasteiger charge is -2.03. The number of rotatable bonds is 6. The van der Waals surface area contributed by atoms with Gasteiger partial charge in [0.05, 0.1) is 12.3 Å². The van der Waals surface area contributed by atoms with E-state index in [0.717, 1.165) is 0 Å². The average molecular weight is 252 g/mol. The first-order valence-corrected chi connectivity index (χ1v) is 5.66. The number of thiazole rings is 1. The lowest BCUT2D eigenvalue weighted by atomic mass is 10.3. The molecule has 0 aliphatic carbocycles. The summed E-state index contributed by atoms with van der Waals surface area (Å²) in [5, 5.41) is 13.4. The standard InChI is InChI=1S/C10H12N4O2S/c1-3-16-10(15)7(11)6-8(14-12-2)9-13-4-5-17-9/h4-6,11,14H,2-3H2,1H3/b8-6-,11-7?. The minimum atomic E-state index is -0.688. The quantitative estimate of drug-likeness (QED) is 0.453. The third-order valence-corrected chi connectivity index (χ3v) is 2.45. The normalized spacial score (nSPS) is 10.8. The van der Waals surface area contributed by atoms with E-state index in [1.807, 2.05) is 0 Å². The van der Waals surface area contributed by atoms with Crippen LogP contribution in [-0.4, -0.2) is 30.0 Å². The van der Waals surface area contributed by atoms with E-state index in [4.69, 9.17) is 10.1 Å². The van der Waals surface area contributed by atoms with Crippen LogP contribution in [0.3, 0.4) is 0 Å². The van der Waals surface area contributed by atoms with Crippen molar-refractivity contribution in [1.82, 2.24) is 10.4 Å². The number of nitrogens with one attached hydrogen (secondary N) is 2. The van der Waals surface area contributed by atoms with E-state index >= 15 is 0 Å². The van der Waals surface area contributed by atoms with E-state index < -0.39 is 5.97 Å². The third kappa shape index (κ3) is 3.80. The summed E-state index contributed by atoms with van der Waals surface area (Å²) in [6, 6.07) is 0. The Balaban J connectivity index is 2.87. The first kappa shape index (κ1) is 13.0. The Hall–Kier alpha value is -2.02. The van der Waals surface area contributed by atoms with E-state index in [1.54, 1.807) is 18.5 Å². The Labute approximate surface area is 103 Å². The van der Waals surface area contributed by atoms with Gasteiger partial charge in [-0.05, 0) is 13.0 Å². The largest absolute Gasteiger partial charge is 0.461 e. The fourth-order valence-electron chi connectivity index (χ4n) is 0.996. The molecule has 0 spiro atoms. The van der Waals surface area contributed by atoms with Crippen LogP contribution in [0.1, 0.15) is 11.9 Å². The SMILES string of the molecule is C=NN/C(=C\C(=N)C(=O)OCC)c1nccs1. The van der Waals surface area contributed by atoms with Gasteiger partial charge in [0, 0.05) is 18.3 Å². The van der Waals surface area contributed by atoms with Gasteiger partial charge in [-0.15, -0.1) is 11.3 Å². The van der Waals surface area contributed by atoms with Crippen LogP contribution in [-0.2, 0) is 9.53 Å². The number of hydrogen-bond acceptors (Lipinski definition) is 7. The predicted octanol–water partition coefficient (Wildman–Crippen LogP) is 1.27. The molecule has 0 saturated carbocycles. The lowest BCUT2D eigenvalue weighted by molar-refractivity contribution is -0.135. The zero-order chi connectivity index (χ0) is 12.7. The topological polar surface area (TPSA) is 87.4 Å². The van der Waals surface area contributed by atoms with E-state index in [1.165, 1.54) is 17.4 Å². The second-order valence-electron chi connectivity index (χ2n) is 2.80. The van der Waals surface area contributed by atoms with Crippen LogP contribution in [0.15, 0.2) is 22.8 Å². The van der Waals surface area contributed by atoms with Gasteiger partial charge in [-0.2, -0.15) is 5.10 Å². The highest BCUT2D eigenvalue weighted by Crippen LogP contribution is 2.14. The van der Waals surface area contributed by atoms with Crippen LogP contribution in [0, 0.1) is 5.41 Å². The fourth-order valence-corrected chi connectivity index (χ4v) is 1.60. The molecule has 0 aliphatic heterocycles. The summed E-state index contributed by atoms with van der Waals surface area (Å²) in [5.74, 6) is -0.688. The van der Waals surface area contributed by atoms with Crippen molar-refractivity contribution in [3.05, 3.63) is 22.7 Å². The van der Waals surface area contributed by atoms with Crippen LogP contribution in [0.2, 0.25) is 0 Å². The predicted molar refractivity (Wildman–Crippen MR) is 67.1 cm³/mol. The fraction of sp³-hybridized carbons (Fsp3) is 0.200. The molecule has 7 heteroatoms. The second kappa shape index (κ2) is 6.54. The maximum absolute atomic E-state index is 11.3. The highest BCUT2D eigenvalue weighted by atomic mass is 32.1. The summed E-state index contributed by atoms with van der Waals surface area (Å²) >= 11 is 1.36. The lowest BCUT2D eigenvalue weighted by Crippen LogP contribution is -2.16. The van der Waals surface area contributed by atoms with Gasteiger partial charge in [0.2, 0.25) is 0 Å². The minimum absolute atomic E-state index is 0.231. The van der Waals surface area contributed by atoms with Crippen LogP contribution in [0.5, 0.6) is 0 Å². The van der Waals surface area contributed by atoms with Gasteiger partial charge < -0.3 is 4.74 Å². The Morgan fingerprint density at radius 3 is 3.12 bits per heavy atom. The molecule has 17 heavy (non-hydrogen) atoms. The molecule has 1 aromatic heterocycles. The zero-order valence-electron chi connectivity index (χ0n) is 9.27. The summed E-state index contributed by atoms with van der Waals surface area (Å²) in [6.07, 6.45) is 2.93. The Morgan fingerprint density at radius 2 is 2.59 bits per heavy atom. The van der Waals surface area contributed by atoms with Crippen LogP contribution in [0.4, 0.5) is 0 Å². The summed E-state index contributed by atoms with van der Waals surface area (Å²) in [7, 11) is 0. The number of aromatic nitrogens is 1. The molecule has 0 radical (unpaired) electrons. The molecule has 6 nitrogen and oxygen atoms in total. The van der Waals surface area contributed by atoms with Gasteiger partial charge in [-0.25, -0.2) is 9.78 Å². The summed E-state index contributed by atoms with van der Waals surface area (Å²) in [6.45, 7) is 5.20. The van der Waals surface area contributed by atoms with Crippen LogP contribution in [0.25, 0.3) is 5.70 Å². The number of carbonyl (C=O) groups is 1. The van der Waals surface area contributed by atoms with Crippen molar-refractivity contribution in [3.63, 3.8) is 0 Å². The van der Waals surface area contributed by atoms with Crippen molar-refractivity contribution in [2.75, 3.05) is 6.61 Å². The van der Waals surface area contributed by atoms with Crippen LogP contribution < -0.4 is 5.43 Å². The van der Waals surface area contributed by atoms with E-state index in [9.17, 15) is 4.79 Å². The number of hydrazone groups is 1. The van der Waals surface area contributed by atoms with Crippen molar-refractivity contribution in [2.24, 2.45) is 5.10 Å². The van der Waals surface area contributed by atoms with Crippen LogP contribution >= 0.6 is 11.3 Å². The first-order valence-electron chi connectivity index (χ1n) is 4.78. The van der Waals surface area contributed by atoms with E-state index in [0.29, 0.717) is 10.7 Å². The minimum Gasteiger partial charge on any atom is -0.461 e. The molecular weight excluding hydrogens is 240 g/mol. The monoisotopic (exact) mass is 252 g/mol. The number of nitrogens with zero attached hydrogens (tertiary/aromatic N) is 2. The molecule has 0 amide bonds. The smallest absolute Gasteiger partial charge is 0.356 e. The Kier molecular flexibility index (Phi) is 5.02. The molecule has 0 bridgehead atoms. The van der Waals surface area contributed by atoms with E-state index in [2.05, 4.69) is 22.2 Å². The Bertz CT molecular complexity index is 439. The molecule has 2 N–H and O–H groups in total. The van der Waals surface area contributed by atoms with Gasteiger partial charge in [0.15, 0.2) is 0 Å². The Morgan fingerprint density at radius 1 is 1.82 bits per heavy atom. The molecule has 0 aromatic carbocycles. The van der Waals surface area contributed by atoms with Gasteiger partial charge in [0.1, 0.15) is 10.7 Å². The van der Waals surface area contributed by atoms with Crippen molar-refractivity contribution >= 4 is 35.4 Å². The molecule has 1 rings (SSSR count).